The van der Waals surface area contributed by atoms with Crippen LogP contribution in [0.4, 0.5) is 0 Å². The van der Waals surface area contributed by atoms with Crippen molar-refractivity contribution in [3.8, 4) is 0 Å². The van der Waals surface area contributed by atoms with E-state index in [1.165, 1.54) is 12.4 Å². The SMILES string of the molecule is CN(C[C@@H]1CCNC1)C(=O)c1cnccn1. The Labute approximate surface area is 94.9 Å². The Morgan fingerprint density at radius 3 is 3.12 bits per heavy atom. The highest BCUT2D eigenvalue weighted by Gasteiger charge is 2.20. The van der Waals surface area contributed by atoms with E-state index in [1.807, 2.05) is 7.05 Å². The fraction of sp³-hybridized carbons (Fsp3) is 0.545. The molecule has 0 aromatic carbocycles. The van der Waals surface area contributed by atoms with Crippen LogP contribution in [0.1, 0.15) is 16.9 Å². The average molecular weight is 220 g/mol. The summed E-state index contributed by atoms with van der Waals surface area (Å²) in [7, 11) is 1.81. The van der Waals surface area contributed by atoms with Gasteiger partial charge in [-0.1, -0.05) is 0 Å². The van der Waals surface area contributed by atoms with Gasteiger partial charge in [0.2, 0.25) is 0 Å². The summed E-state index contributed by atoms with van der Waals surface area (Å²) in [6.45, 7) is 2.83. The van der Waals surface area contributed by atoms with Crippen molar-refractivity contribution < 1.29 is 4.79 Å². The van der Waals surface area contributed by atoms with Gasteiger partial charge in [-0.25, -0.2) is 4.98 Å². The third-order valence-electron chi connectivity index (χ3n) is 2.82. The van der Waals surface area contributed by atoms with Crippen LogP contribution in [-0.2, 0) is 0 Å². The first-order valence-corrected chi connectivity index (χ1v) is 5.49. The maximum Gasteiger partial charge on any atom is 0.273 e. The fourth-order valence-electron chi connectivity index (χ4n) is 1.95. The number of amides is 1. The molecule has 1 saturated heterocycles. The third kappa shape index (κ3) is 2.55. The Bertz CT molecular complexity index is 348. The van der Waals surface area contributed by atoms with Crippen molar-refractivity contribution in [3.63, 3.8) is 0 Å². The molecule has 5 heteroatoms. The van der Waals surface area contributed by atoms with Crippen molar-refractivity contribution in [1.29, 1.82) is 0 Å². The Morgan fingerprint density at radius 1 is 1.62 bits per heavy atom. The molecule has 1 fully saturated rings. The summed E-state index contributed by atoms with van der Waals surface area (Å²) in [6.07, 6.45) is 5.75. The molecule has 1 aromatic heterocycles. The molecule has 0 bridgehead atoms. The highest BCUT2D eigenvalue weighted by Crippen LogP contribution is 2.10. The molecule has 0 saturated carbocycles. The number of hydrogen-bond acceptors (Lipinski definition) is 4. The lowest BCUT2D eigenvalue weighted by atomic mass is 10.1. The van der Waals surface area contributed by atoms with Gasteiger partial charge >= 0.3 is 0 Å². The lowest BCUT2D eigenvalue weighted by molar-refractivity contribution is 0.0770. The lowest BCUT2D eigenvalue weighted by Crippen LogP contribution is -2.33. The number of carbonyl (C=O) groups excluding carboxylic acids is 1. The number of hydrogen-bond donors (Lipinski definition) is 1. The number of aromatic nitrogens is 2. The summed E-state index contributed by atoms with van der Waals surface area (Å²) in [5.74, 6) is 0.505. The molecular formula is C11H16N4O. The van der Waals surface area contributed by atoms with Gasteiger partial charge in [0.15, 0.2) is 0 Å². The Balaban J connectivity index is 1.94. The van der Waals surface area contributed by atoms with Crippen LogP contribution in [-0.4, -0.2) is 47.5 Å². The molecular weight excluding hydrogens is 204 g/mol. The highest BCUT2D eigenvalue weighted by atomic mass is 16.2. The Morgan fingerprint density at radius 2 is 2.50 bits per heavy atom. The summed E-state index contributed by atoms with van der Waals surface area (Å²) < 4.78 is 0. The zero-order chi connectivity index (χ0) is 11.4. The topological polar surface area (TPSA) is 58.1 Å². The molecule has 0 aliphatic carbocycles. The second-order valence-electron chi connectivity index (χ2n) is 4.14. The van der Waals surface area contributed by atoms with Crippen molar-refractivity contribution in [3.05, 3.63) is 24.3 Å². The molecule has 16 heavy (non-hydrogen) atoms. The normalized spacial score (nSPS) is 19.7. The van der Waals surface area contributed by atoms with Crippen LogP contribution < -0.4 is 5.32 Å². The van der Waals surface area contributed by atoms with Crippen molar-refractivity contribution in [2.24, 2.45) is 5.92 Å². The van der Waals surface area contributed by atoms with Crippen LogP contribution in [0.3, 0.4) is 0 Å². The van der Waals surface area contributed by atoms with E-state index in [-0.39, 0.29) is 5.91 Å². The third-order valence-corrected chi connectivity index (χ3v) is 2.82. The van der Waals surface area contributed by atoms with E-state index in [9.17, 15) is 4.79 Å². The first-order valence-electron chi connectivity index (χ1n) is 5.49. The summed E-state index contributed by atoms with van der Waals surface area (Å²) in [5.41, 5.74) is 0.413. The summed E-state index contributed by atoms with van der Waals surface area (Å²) in [5, 5.41) is 3.29. The summed E-state index contributed by atoms with van der Waals surface area (Å²) in [6, 6.07) is 0. The summed E-state index contributed by atoms with van der Waals surface area (Å²) >= 11 is 0. The minimum atomic E-state index is -0.0556. The van der Waals surface area contributed by atoms with Gasteiger partial charge in [-0.2, -0.15) is 0 Å². The van der Waals surface area contributed by atoms with Crippen LogP contribution in [0.15, 0.2) is 18.6 Å². The molecule has 1 amide bonds. The molecule has 1 aromatic rings. The molecule has 0 radical (unpaired) electrons. The average Bonchev–Trinajstić information content (AvgIpc) is 2.82. The minimum absolute atomic E-state index is 0.0556. The van der Waals surface area contributed by atoms with E-state index in [0.29, 0.717) is 11.6 Å². The molecule has 1 N–H and O–H groups in total. The van der Waals surface area contributed by atoms with Gasteiger partial charge in [0.1, 0.15) is 5.69 Å². The maximum absolute atomic E-state index is 11.9. The second-order valence-corrected chi connectivity index (χ2v) is 4.14. The predicted octanol–water partition coefficient (Wildman–Crippen LogP) is 0.158. The van der Waals surface area contributed by atoms with E-state index in [2.05, 4.69) is 15.3 Å². The second kappa shape index (κ2) is 5.03. The van der Waals surface area contributed by atoms with Crippen molar-refractivity contribution >= 4 is 5.91 Å². The fourth-order valence-corrected chi connectivity index (χ4v) is 1.95. The molecule has 5 nitrogen and oxygen atoms in total. The van der Waals surface area contributed by atoms with Gasteiger partial charge in [-0.3, -0.25) is 9.78 Å². The zero-order valence-corrected chi connectivity index (χ0v) is 9.39. The number of nitrogens with one attached hydrogen (secondary N) is 1. The maximum atomic E-state index is 11.9. The highest BCUT2D eigenvalue weighted by molar-refractivity contribution is 5.91. The zero-order valence-electron chi connectivity index (χ0n) is 9.39. The van der Waals surface area contributed by atoms with Crippen molar-refractivity contribution in [2.75, 3.05) is 26.7 Å². The molecule has 2 rings (SSSR count). The monoisotopic (exact) mass is 220 g/mol. The van der Waals surface area contributed by atoms with Gasteiger partial charge in [0.05, 0.1) is 6.20 Å². The summed E-state index contributed by atoms with van der Waals surface area (Å²) in [4.78, 5) is 21.6. The molecule has 1 aliphatic rings. The van der Waals surface area contributed by atoms with Crippen LogP contribution >= 0.6 is 0 Å². The van der Waals surface area contributed by atoms with E-state index in [4.69, 9.17) is 0 Å². The van der Waals surface area contributed by atoms with Crippen molar-refractivity contribution in [2.45, 2.75) is 6.42 Å². The van der Waals surface area contributed by atoms with Gasteiger partial charge in [0, 0.05) is 26.0 Å². The van der Waals surface area contributed by atoms with E-state index in [0.717, 1.165) is 26.1 Å². The number of nitrogens with zero attached hydrogens (tertiary/aromatic N) is 3. The molecule has 2 heterocycles. The number of carbonyl (C=O) groups is 1. The standard InChI is InChI=1S/C11H16N4O/c1-15(8-9-2-3-12-6-9)11(16)10-7-13-4-5-14-10/h4-5,7,9,12H,2-3,6,8H2,1H3/t9-/m1/s1. The van der Waals surface area contributed by atoms with Crippen molar-refractivity contribution in [1.82, 2.24) is 20.2 Å². The minimum Gasteiger partial charge on any atom is -0.340 e. The van der Waals surface area contributed by atoms with E-state index >= 15 is 0 Å². The predicted molar refractivity (Wildman–Crippen MR) is 60.0 cm³/mol. The van der Waals surface area contributed by atoms with Crippen LogP contribution in [0.25, 0.3) is 0 Å². The largest absolute Gasteiger partial charge is 0.340 e. The lowest BCUT2D eigenvalue weighted by Gasteiger charge is -2.20. The van der Waals surface area contributed by atoms with E-state index in [1.54, 1.807) is 11.1 Å². The Kier molecular flexibility index (Phi) is 3.46. The first kappa shape index (κ1) is 11.0. The van der Waals surface area contributed by atoms with Gasteiger partial charge in [-0.05, 0) is 25.4 Å². The molecule has 1 atom stereocenters. The quantitative estimate of drug-likeness (QED) is 0.788. The van der Waals surface area contributed by atoms with E-state index < -0.39 is 0 Å². The molecule has 0 spiro atoms. The van der Waals surface area contributed by atoms with Gasteiger partial charge in [-0.15, -0.1) is 0 Å². The van der Waals surface area contributed by atoms with Gasteiger partial charge < -0.3 is 10.2 Å². The first-order chi connectivity index (χ1) is 7.77. The number of rotatable bonds is 3. The van der Waals surface area contributed by atoms with Crippen LogP contribution in [0.5, 0.6) is 0 Å². The smallest absolute Gasteiger partial charge is 0.273 e. The van der Waals surface area contributed by atoms with Crippen LogP contribution in [0, 0.1) is 5.92 Å². The molecule has 0 unspecified atom stereocenters. The van der Waals surface area contributed by atoms with Gasteiger partial charge in [0.25, 0.3) is 5.91 Å². The molecule has 86 valence electrons. The van der Waals surface area contributed by atoms with Crippen LogP contribution in [0.2, 0.25) is 0 Å². The Hall–Kier alpha value is -1.49. The molecule has 1 aliphatic heterocycles.